The molecule has 0 radical (unpaired) electrons. The predicted octanol–water partition coefficient (Wildman–Crippen LogP) is 0.475. The maximum absolute atomic E-state index is 12.3. The Kier molecular flexibility index (Phi) is 4.33. The number of carbonyl (C=O) groups excluding carboxylic acids is 2. The van der Waals surface area contributed by atoms with E-state index in [4.69, 9.17) is 0 Å². The van der Waals surface area contributed by atoms with Crippen LogP contribution in [-0.4, -0.2) is 47.9 Å². The number of rotatable bonds is 3. The van der Waals surface area contributed by atoms with Crippen molar-refractivity contribution in [2.24, 2.45) is 0 Å². The molecule has 6 heteroatoms. The molecule has 1 fully saturated rings. The molecule has 0 aromatic carbocycles. The van der Waals surface area contributed by atoms with Gasteiger partial charge in [-0.3, -0.25) is 9.59 Å². The topological polar surface area (TPSA) is 74.3 Å². The predicted molar refractivity (Wildman–Crippen MR) is 71.9 cm³/mol. The van der Waals surface area contributed by atoms with Crippen LogP contribution in [0.1, 0.15) is 23.7 Å². The fourth-order valence-corrected chi connectivity index (χ4v) is 1.99. The van der Waals surface area contributed by atoms with Crippen molar-refractivity contribution in [1.29, 1.82) is 0 Å². The van der Waals surface area contributed by atoms with E-state index in [9.17, 15) is 9.59 Å². The van der Waals surface area contributed by atoms with Crippen LogP contribution in [0.2, 0.25) is 0 Å². The van der Waals surface area contributed by atoms with Gasteiger partial charge < -0.3 is 15.5 Å². The van der Waals surface area contributed by atoms with E-state index < -0.39 is 0 Å². The quantitative estimate of drug-likeness (QED) is 0.830. The van der Waals surface area contributed by atoms with Gasteiger partial charge in [0.2, 0.25) is 5.91 Å². The number of pyridine rings is 1. The first-order valence-electron chi connectivity index (χ1n) is 6.46. The van der Waals surface area contributed by atoms with Crippen LogP contribution in [0.15, 0.2) is 18.3 Å². The fraction of sp³-hybridized carbons (Fsp3) is 0.462. The highest BCUT2D eigenvalue weighted by Crippen LogP contribution is 2.10. The number of amides is 2. The van der Waals surface area contributed by atoms with Crippen LogP contribution in [0.25, 0.3) is 0 Å². The molecule has 0 aliphatic carbocycles. The summed E-state index contributed by atoms with van der Waals surface area (Å²) < 4.78 is 0. The second kappa shape index (κ2) is 6.17. The molecule has 1 aromatic heterocycles. The van der Waals surface area contributed by atoms with E-state index in [0.29, 0.717) is 37.4 Å². The van der Waals surface area contributed by atoms with Crippen LogP contribution in [0.3, 0.4) is 0 Å². The minimum atomic E-state index is -0.0574. The van der Waals surface area contributed by atoms with Crippen LogP contribution in [-0.2, 0) is 4.79 Å². The average molecular weight is 262 g/mol. The molecule has 1 aromatic rings. The Morgan fingerprint density at radius 3 is 3.16 bits per heavy atom. The molecule has 1 aliphatic heterocycles. The first-order valence-corrected chi connectivity index (χ1v) is 6.46. The van der Waals surface area contributed by atoms with Crippen LogP contribution >= 0.6 is 0 Å². The first-order chi connectivity index (χ1) is 9.20. The lowest BCUT2D eigenvalue weighted by Gasteiger charge is -2.19. The van der Waals surface area contributed by atoms with Gasteiger partial charge in [-0.05, 0) is 19.1 Å². The average Bonchev–Trinajstić information content (AvgIpc) is 2.63. The van der Waals surface area contributed by atoms with E-state index in [1.807, 2.05) is 6.92 Å². The summed E-state index contributed by atoms with van der Waals surface area (Å²) in [6.07, 6.45) is 1.98. The van der Waals surface area contributed by atoms with Crippen LogP contribution in [0.4, 0.5) is 5.82 Å². The van der Waals surface area contributed by atoms with Crippen molar-refractivity contribution in [2.75, 3.05) is 31.5 Å². The maximum Gasteiger partial charge on any atom is 0.254 e. The summed E-state index contributed by atoms with van der Waals surface area (Å²) in [6.45, 7) is 4.25. The number of nitrogens with zero attached hydrogens (tertiary/aromatic N) is 2. The fourth-order valence-electron chi connectivity index (χ4n) is 1.99. The lowest BCUT2D eigenvalue weighted by molar-refractivity contribution is -0.120. The molecule has 2 amide bonds. The molecule has 19 heavy (non-hydrogen) atoms. The Labute approximate surface area is 112 Å². The van der Waals surface area contributed by atoms with Crippen molar-refractivity contribution in [3.05, 3.63) is 23.9 Å². The molecule has 0 atom stereocenters. The van der Waals surface area contributed by atoms with E-state index in [1.165, 1.54) is 0 Å². The minimum Gasteiger partial charge on any atom is -0.370 e. The summed E-state index contributed by atoms with van der Waals surface area (Å²) in [6, 6.07) is 3.44. The Morgan fingerprint density at radius 1 is 1.53 bits per heavy atom. The van der Waals surface area contributed by atoms with Gasteiger partial charge in [0.25, 0.3) is 5.91 Å². The second-order valence-electron chi connectivity index (χ2n) is 4.35. The number of hydrogen-bond donors (Lipinski definition) is 2. The van der Waals surface area contributed by atoms with Crippen molar-refractivity contribution in [2.45, 2.75) is 13.3 Å². The standard InChI is InChI=1S/C13H18N4O2/c1-2-14-11-9-10(3-5-15-11)13(19)17-7-4-12(18)16-6-8-17/h3,5,9H,2,4,6-8H2,1H3,(H,14,15)(H,16,18). The molecule has 2 heterocycles. The zero-order valence-corrected chi connectivity index (χ0v) is 11.0. The van der Waals surface area contributed by atoms with E-state index in [1.54, 1.807) is 23.2 Å². The third-order valence-corrected chi connectivity index (χ3v) is 2.96. The van der Waals surface area contributed by atoms with Crippen molar-refractivity contribution >= 4 is 17.6 Å². The monoisotopic (exact) mass is 262 g/mol. The molecular formula is C13H18N4O2. The number of anilines is 1. The summed E-state index contributed by atoms with van der Waals surface area (Å²) in [5, 5.41) is 5.83. The van der Waals surface area contributed by atoms with E-state index >= 15 is 0 Å². The van der Waals surface area contributed by atoms with Crippen molar-refractivity contribution in [3.63, 3.8) is 0 Å². The third kappa shape index (κ3) is 3.43. The van der Waals surface area contributed by atoms with Gasteiger partial charge in [-0.1, -0.05) is 0 Å². The molecular weight excluding hydrogens is 244 g/mol. The largest absolute Gasteiger partial charge is 0.370 e. The van der Waals surface area contributed by atoms with Gasteiger partial charge in [0, 0.05) is 44.4 Å². The van der Waals surface area contributed by atoms with Gasteiger partial charge in [0.05, 0.1) is 0 Å². The molecule has 1 saturated heterocycles. The minimum absolute atomic E-state index is 0.00151. The van der Waals surface area contributed by atoms with Gasteiger partial charge in [-0.2, -0.15) is 0 Å². The first kappa shape index (κ1) is 13.3. The Hall–Kier alpha value is -2.11. The van der Waals surface area contributed by atoms with Gasteiger partial charge in [-0.25, -0.2) is 4.98 Å². The zero-order valence-electron chi connectivity index (χ0n) is 11.0. The van der Waals surface area contributed by atoms with Crippen LogP contribution < -0.4 is 10.6 Å². The third-order valence-electron chi connectivity index (χ3n) is 2.96. The second-order valence-corrected chi connectivity index (χ2v) is 4.35. The summed E-state index contributed by atoms with van der Waals surface area (Å²) in [5.41, 5.74) is 0.597. The molecule has 1 aliphatic rings. The van der Waals surface area contributed by atoms with Gasteiger partial charge in [0.15, 0.2) is 0 Å². The Bertz CT molecular complexity index is 475. The highest BCUT2D eigenvalue weighted by molar-refractivity contribution is 5.95. The smallest absolute Gasteiger partial charge is 0.254 e. The Morgan fingerprint density at radius 2 is 2.37 bits per heavy atom. The maximum atomic E-state index is 12.3. The zero-order chi connectivity index (χ0) is 13.7. The number of carbonyl (C=O) groups is 2. The SMILES string of the molecule is CCNc1cc(C(=O)N2CCNC(=O)CC2)ccn1. The summed E-state index contributed by atoms with van der Waals surface area (Å²) in [4.78, 5) is 29.4. The molecule has 2 N–H and O–H groups in total. The molecule has 0 saturated carbocycles. The van der Waals surface area contributed by atoms with Gasteiger partial charge >= 0.3 is 0 Å². The lowest BCUT2D eigenvalue weighted by atomic mass is 10.2. The van der Waals surface area contributed by atoms with Crippen molar-refractivity contribution in [1.82, 2.24) is 15.2 Å². The molecule has 0 unspecified atom stereocenters. The van der Waals surface area contributed by atoms with Crippen molar-refractivity contribution < 1.29 is 9.59 Å². The van der Waals surface area contributed by atoms with Gasteiger partial charge in [-0.15, -0.1) is 0 Å². The van der Waals surface area contributed by atoms with Gasteiger partial charge in [0.1, 0.15) is 5.82 Å². The highest BCUT2D eigenvalue weighted by atomic mass is 16.2. The summed E-state index contributed by atoms with van der Waals surface area (Å²) >= 11 is 0. The number of nitrogens with one attached hydrogen (secondary N) is 2. The lowest BCUT2D eigenvalue weighted by Crippen LogP contribution is -2.34. The molecule has 0 spiro atoms. The molecule has 6 nitrogen and oxygen atoms in total. The molecule has 2 rings (SSSR count). The van der Waals surface area contributed by atoms with E-state index in [-0.39, 0.29) is 11.8 Å². The summed E-state index contributed by atoms with van der Waals surface area (Å²) in [7, 11) is 0. The Balaban J connectivity index is 2.09. The van der Waals surface area contributed by atoms with Crippen LogP contribution in [0, 0.1) is 0 Å². The van der Waals surface area contributed by atoms with Crippen LogP contribution in [0.5, 0.6) is 0 Å². The highest BCUT2D eigenvalue weighted by Gasteiger charge is 2.19. The van der Waals surface area contributed by atoms with Crippen molar-refractivity contribution in [3.8, 4) is 0 Å². The van der Waals surface area contributed by atoms with E-state index in [0.717, 1.165) is 6.54 Å². The normalized spacial score (nSPS) is 15.6. The summed E-state index contributed by atoms with van der Waals surface area (Å²) in [5.74, 6) is 0.633. The number of aromatic nitrogens is 1. The van der Waals surface area contributed by atoms with E-state index in [2.05, 4.69) is 15.6 Å². The number of hydrogen-bond acceptors (Lipinski definition) is 4. The molecule has 0 bridgehead atoms. The molecule has 102 valence electrons.